The molecule has 6 rings (SSSR count). The van der Waals surface area contributed by atoms with Gasteiger partial charge in [-0.05, 0) is 56.8 Å². The molecule has 198 valence electrons. The molecule has 3 heterocycles. The second kappa shape index (κ2) is 10.7. The first-order valence-electron chi connectivity index (χ1n) is 14.5. The summed E-state index contributed by atoms with van der Waals surface area (Å²) in [4.78, 5) is 12.5. The fourth-order valence-electron chi connectivity index (χ4n) is 7.23. The molecule has 1 aromatic heterocycles. The van der Waals surface area contributed by atoms with Gasteiger partial charge in [0, 0.05) is 50.8 Å². The molecule has 0 bridgehead atoms. The van der Waals surface area contributed by atoms with E-state index in [1.807, 2.05) is 6.07 Å². The molecular formula is C31H42FN5. The van der Waals surface area contributed by atoms with E-state index in [2.05, 4.69) is 62.7 Å². The molecule has 3 fully saturated rings. The predicted octanol–water partition coefficient (Wildman–Crippen LogP) is 5.90. The van der Waals surface area contributed by atoms with Crippen LogP contribution in [0.15, 0.2) is 48.5 Å². The van der Waals surface area contributed by atoms with Crippen LogP contribution < -0.4 is 4.90 Å². The van der Waals surface area contributed by atoms with E-state index in [0.29, 0.717) is 11.6 Å². The van der Waals surface area contributed by atoms with E-state index in [1.54, 1.807) is 6.07 Å². The van der Waals surface area contributed by atoms with Crippen molar-refractivity contribution in [2.45, 2.75) is 69.4 Å². The Hall–Kier alpha value is -2.44. The Balaban J connectivity index is 1.27. The number of likely N-dealkylation sites (N-methyl/N-ethyl adjacent to an activating group) is 1. The van der Waals surface area contributed by atoms with Gasteiger partial charge in [-0.15, -0.1) is 0 Å². The zero-order valence-electron chi connectivity index (χ0n) is 22.4. The minimum absolute atomic E-state index is 0.204. The molecule has 0 radical (unpaired) electrons. The number of hydrogen-bond donors (Lipinski definition) is 0. The van der Waals surface area contributed by atoms with Crippen LogP contribution in [-0.2, 0) is 6.42 Å². The van der Waals surface area contributed by atoms with Crippen LogP contribution in [0.5, 0.6) is 0 Å². The van der Waals surface area contributed by atoms with E-state index >= 15 is 0 Å². The van der Waals surface area contributed by atoms with Crippen LogP contribution in [0.25, 0.3) is 11.0 Å². The molecule has 0 amide bonds. The summed E-state index contributed by atoms with van der Waals surface area (Å²) < 4.78 is 17.3. The lowest BCUT2D eigenvalue weighted by molar-refractivity contribution is 0.0389. The summed E-state index contributed by atoms with van der Waals surface area (Å²) >= 11 is 0. The van der Waals surface area contributed by atoms with E-state index in [9.17, 15) is 4.39 Å². The molecule has 3 aliphatic rings. The molecule has 2 aromatic carbocycles. The maximum atomic E-state index is 14.9. The van der Waals surface area contributed by atoms with Gasteiger partial charge in [-0.1, -0.05) is 62.1 Å². The zero-order chi connectivity index (χ0) is 25.2. The summed E-state index contributed by atoms with van der Waals surface area (Å²) in [7, 11) is 2.18. The third-order valence-corrected chi connectivity index (χ3v) is 9.35. The van der Waals surface area contributed by atoms with Crippen molar-refractivity contribution in [2.75, 3.05) is 51.2 Å². The molecule has 3 aromatic rings. The highest BCUT2D eigenvalue weighted by Gasteiger charge is 2.40. The minimum Gasteiger partial charge on any atom is -0.340 e. The van der Waals surface area contributed by atoms with Crippen molar-refractivity contribution < 1.29 is 4.39 Å². The van der Waals surface area contributed by atoms with Crippen molar-refractivity contribution in [1.29, 1.82) is 0 Å². The van der Waals surface area contributed by atoms with Gasteiger partial charge in [-0.3, -0.25) is 4.90 Å². The van der Waals surface area contributed by atoms with Gasteiger partial charge in [0.1, 0.15) is 5.52 Å². The van der Waals surface area contributed by atoms with Crippen LogP contribution >= 0.6 is 0 Å². The topological polar surface area (TPSA) is 27.5 Å². The number of hydrogen-bond acceptors (Lipinski definition) is 4. The molecule has 5 nitrogen and oxygen atoms in total. The van der Waals surface area contributed by atoms with Crippen LogP contribution in [0, 0.1) is 5.82 Å². The average Bonchev–Trinajstić information content (AvgIpc) is 3.16. The molecule has 0 unspecified atom stereocenters. The lowest BCUT2D eigenvalue weighted by atomic mass is 9.80. The monoisotopic (exact) mass is 503 g/mol. The lowest BCUT2D eigenvalue weighted by Crippen LogP contribution is -2.53. The molecule has 37 heavy (non-hydrogen) atoms. The van der Waals surface area contributed by atoms with Crippen molar-refractivity contribution >= 4 is 17.0 Å². The van der Waals surface area contributed by atoms with E-state index in [1.165, 1.54) is 44.1 Å². The Kier molecular flexibility index (Phi) is 7.22. The minimum atomic E-state index is -0.204. The van der Waals surface area contributed by atoms with Gasteiger partial charge in [-0.2, -0.15) is 0 Å². The van der Waals surface area contributed by atoms with Crippen LogP contribution in [0.1, 0.15) is 63.0 Å². The number of rotatable bonds is 5. The lowest BCUT2D eigenvalue weighted by Gasteiger charge is -2.48. The number of imidazole rings is 1. The average molecular weight is 504 g/mol. The summed E-state index contributed by atoms with van der Waals surface area (Å²) in [6, 6.07) is 17.0. The normalized spacial score (nSPS) is 22.4. The Morgan fingerprint density at radius 1 is 0.838 bits per heavy atom. The number of halogens is 1. The molecule has 6 heteroatoms. The summed E-state index contributed by atoms with van der Waals surface area (Å²) in [6.07, 6.45) is 11.4. The Morgan fingerprint density at radius 3 is 2.24 bits per heavy atom. The molecular weight excluding hydrogens is 461 g/mol. The molecule has 1 saturated carbocycles. The third kappa shape index (κ3) is 5.03. The predicted molar refractivity (Wildman–Crippen MR) is 150 cm³/mol. The van der Waals surface area contributed by atoms with Gasteiger partial charge in [0.15, 0.2) is 5.82 Å². The smallest absolute Gasteiger partial charge is 0.207 e. The van der Waals surface area contributed by atoms with E-state index in [4.69, 9.17) is 4.98 Å². The van der Waals surface area contributed by atoms with Gasteiger partial charge in [0.2, 0.25) is 5.95 Å². The highest BCUT2D eigenvalue weighted by atomic mass is 19.1. The first-order chi connectivity index (χ1) is 18.1. The number of nitrogens with zero attached hydrogens (tertiary/aromatic N) is 5. The van der Waals surface area contributed by atoms with E-state index in [0.717, 1.165) is 70.0 Å². The Labute approximate surface area is 221 Å². The van der Waals surface area contributed by atoms with Crippen molar-refractivity contribution in [3.8, 4) is 0 Å². The van der Waals surface area contributed by atoms with Crippen LogP contribution in [0.2, 0.25) is 0 Å². The van der Waals surface area contributed by atoms with Crippen molar-refractivity contribution in [3.63, 3.8) is 0 Å². The van der Waals surface area contributed by atoms with E-state index < -0.39 is 0 Å². The van der Waals surface area contributed by atoms with Gasteiger partial charge < -0.3 is 14.4 Å². The maximum Gasteiger partial charge on any atom is 0.207 e. The maximum absolute atomic E-state index is 14.9. The Bertz CT molecular complexity index is 1170. The fraction of sp³-hybridized carbons (Fsp3) is 0.581. The van der Waals surface area contributed by atoms with E-state index in [-0.39, 0.29) is 11.4 Å². The molecule has 2 saturated heterocycles. The largest absolute Gasteiger partial charge is 0.340 e. The van der Waals surface area contributed by atoms with Crippen molar-refractivity contribution in [3.05, 3.63) is 59.9 Å². The van der Waals surface area contributed by atoms with Gasteiger partial charge in [0.25, 0.3) is 0 Å². The summed E-state index contributed by atoms with van der Waals surface area (Å²) in [5, 5.41) is 0. The molecule has 0 N–H and O–H groups in total. The SMILES string of the molecule is CN1CCN(c2nc3c(F)cccc3n2C2CCN(C3(Cc4ccccc4)CCCCCC3)CC2)CC1. The number of piperidine rings is 1. The van der Waals surface area contributed by atoms with Crippen LogP contribution in [-0.4, -0.2) is 71.2 Å². The first kappa shape index (κ1) is 24.9. The van der Waals surface area contributed by atoms with Crippen molar-refractivity contribution in [1.82, 2.24) is 19.4 Å². The number of para-hydroxylation sites is 1. The van der Waals surface area contributed by atoms with Gasteiger partial charge in [-0.25, -0.2) is 9.37 Å². The first-order valence-corrected chi connectivity index (χ1v) is 14.5. The number of aromatic nitrogens is 2. The molecule has 0 spiro atoms. The Morgan fingerprint density at radius 2 is 1.54 bits per heavy atom. The van der Waals surface area contributed by atoms with Gasteiger partial charge in [0.05, 0.1) is 5.52 Å². The number of benzene rings is 2. The highest BCUT2D eigenvalue weighted by molar-refractivity contribution is 5.79. The van der Waals surface area contributed by atoms with Crippen LogP contribution in [0.4, 0.5) is 10.3 Å². The summed E-state index contributed by atoms with van der Waals surface area (Å²) in [5.74, 6) is 0.768. The van der Waals surface area contributed by atoms with Crippen molar-refractivity contribution in [2.24, 2.45) is 0 Å². The number of piperazine rings is 1. The second-order valence-electron chi connectivity index (χ2n) is 11.7. The van der Waals surface area contributed by atoms with Gasteiger partial charge >= 0.3 is 0 Å². The molecule has 0 atom stereocenters. The number of fused-ring (bicyclic) bond motifs is 1. The number of likely N-dealkylation sites (tertiary alicyclic amines) is 1. The molecule has 1 aliphatic carbocycles. The zero-order valence-corrected chi connectivity index (χ0v) is 22.4. The summed E-state index contributed by atoms with van der Waals surface area (Å²) in [5.41, 5.74) is 3.23. The number of anilines is 1. The highest BCUT2D eigenvalue weighted by Crippen LogP contribution is 2.40. The second-order valence-corrected chi connectivity index (χ2v) is 11.7. The summed E-state index contributed by atoms with van der Waals surface area (Å²) in [6.45, 7) is 6.14. The third-order valence-electron chi connectivity index (χ3n) is 9.35. The standard InChI is InChI=1S/C31H42FN5/c1-34-20-22-35(23-21-34)30-33-29-27(32)12-9-13-28(29)37(30)26-14-18-36(19-15-26)31(16-7-2-3-8-17-31)24-25-10-5-4-6-11-25/h4-6,9-13,26H,2-3,7-8,14-24H2,1H3. The molecule has 2 aliphatic heterocycles. The quantitative estimate of drug-likeness (QED) is 0.405. The van der Waals surface area contributed by atoms with Crippen LogP contribution in [0.3, 0.4) is 0 Å². The fourth-order valence-corrected chi connectivity index (χ4v) is 7.23.